The van der Waals surface area contributed by atoms with Gasteiger partial charge in [-0.2, -0.15) is 0 Å². The number of unbranched alkanes of at least 4 members (excludes halogenated alkanes) is 1. The van der Waals surface area contributed by atoms with Crippen molar-refractivity contribution in [2.75, 3.05) is 44.2 Å². The molecule has 0 unspecified atom stereocenters. The number of hydrogen-bond donors (Lipinski definition) is 0. The molecular formula is C24H27FN2O. The van der Waals surface area contributed by atoms with E-state index in [0.717, 1.165) is 63.6 Å². The Balaban J connectivity index is 1.14. The normalized spacial score (nSPS) is 15.1. The maximum atomic E-state index is 13.1. The molecule has 1 aliphatic heterocycles. The van der Waals surface area contributed by atoms with Gasteiger partial charge < -0.3 is 9.64 Å². The van der Waals surface area contributed by atoms with Gasteiger partial charge in [-0.3, -0.25) is 4.90 Å². The first-order chi connectivity index (χ1) is 13.8. The number of rotatable bonds is 7. The van der Waals surface area contributed by atoms with Crippen LogP contribution >= 0.6 is 0 Å². The van der Waals surface area contributed by atoms with E-state index in [-0.39, 0.29) is 5.82 Å². The van der Waals surface area contributed by atoms with Crippen molar-refractivity contribution < 1.29 is 9.13 Å². The van der Waals surface area contributed by atoms with Crippen LogP contribution in [0.25, 0.3) is 10.8 Å². The van der Waals surface area contributed by atoms with Gasteiger partial charge >= 0.3 is 0 Å². The van der Waals surface area contributed by atoms with Gasteiger partial charge in [-0.1, -0.05) is 30.3 Å². The first kappa shape index (κ1) is 18.8. The van der Waals surface area contributed by atoms with Crippen LogP contribution in [0.3, 0.4) is 0 Å². The summed E-state index contributed by atoms with van der Waals surface area (Å²) < 4.78 is 19.0. The molecule has 4 heteroatoms. The lowest BCUT2D eigenvalue weighted by Crippen LogP contribution is -2.46. The van der Waals surface area contributed by atoms with Gasteiger partial charge in [0.25, 0.3) is 0 Å². The summed E-state index contributed by atoms with van der Waals surface area (Å²) in [6, 6.07) is 21.5. The second-order valence-corrected chi connectivity index (χ2v) is 7.37. The van der Waals surface area contributed by atoms with Crippen LogP contribution in [0, 0.1) is 5.82 Å². The number of benzene rings is 3. The van der Waals surface area contributed by atoms with Crippen LogP contribution in [0.4, 0.5) is 10.1 Å². The van der Waals surface area contributed by atoms with E-state index in [1.165, 1.54) is 22.9 Å². The molecule has 3 aromatic carbocycles. The van der Waals surface area contributed by atoms with Crippen LogP contribution in [0.2, 0.25) is 0 Å². The van der Waals surface area contributed by atoms with Crippen LogP contribution in [-0.2, 0) is 0 Å². The molecule has 146 valence electrons. The first-order valence-corrected chi connectivity index (χ1v) is 10.1. The number of nitrogens with zero attached hydrogens (tertiary/aromatic N) is 2. The molecule has 3 aromatic rings. The Hall–Kier alpha value is -2.59. The molecule has 0 spiro atoms. The Morgan fingerprint density at radius 1 is 0.786 bits per heavy atom. The van der Waals surface area contributed by atoms with Crippen molar-refractivity contribution in [1.82, 2.24) is 4.90 Å². The number of fused-ring (bicyclic) bond motifs is 1. The van der Waals surface area contributed by atoms with Crippen molar-refractivity contribution in [3.05, 3.63) is 72.5 Å². The summed E-state index contributed by atoms with van der Waals surface area (Å²) in [6.07, 6.45) is 2.20. The predicted molar refractivity (Wildman–Crippen MR) is 114 cm³/mol. The largest absolute Gasteiger partial charge is 0.494 e. The van der Waals surface area contributed by atoms with E-state index in [1.54, 1.807) is 0 Å². The maximum Gasteiger partial charge on any atom is 0.123 e. The first-order valence-electron chi connectivity index (χ1n) is 10.1. The second kappa shape index (κ2) is 9.07. The van der Waals surface area contributed by atoms with Crippen LogP contribution < -0.4 is 9.64 Å². The van der Waals surface area contributed by atoms with Crippen LogP contribution in [0.15, 0.2) is 66.7 Å². The average Bonchev–Trinajstić information content (AvgIpc) is 2.74. The molecule has 28 heavy (non-hydrogen) atoms. The summed E-state index contributed by atoms with van der Waals surface area (Å²) >= 11 is 0. The molecule has 0 bridgehead atoms. The molecule has 0 N–H and O–H groups in total. The highest BCUT2D eigenvalue weighted by Crippen LogP contribution is 2.21. The molecule has 0 atom stereocenters. The van der Waals surface area contributed by atoms with Crippen LogP contribution in [0.5, 0.6) is 5.75 Å². The second-order valence-electron chi connectivity index (χ2n) is 7.37. The van der Waals surface area contributed by atoms with E-state index in [4.69, 9.17) is 4.74 Å². The van der Waals surface area contributed by atoms with Gasteiger partial charge in [0.15, 0.2) is 0 Å². The fourth-order valence-electron chi connectivity index (χ4n) is 3.77. The Bertz CT molecular complexity index is 889. The molecule has 1 heterocycles. The van der Waals surface area contributed by atoms with E-state index < -0.39 is 0 Å². The molecule has 4 rings (SSSR count). The van der Waals surface area contributed by atoms with Crippen molar-refractivity contribution in [2.24, 2.45) is 0 Å². The van der Waals surface area contributed by atoms with Crippen molar-refractivity contribution in [2.45, 2.75) is 12.8 Å². The molecule has 0 aliphatic carbocycles. The third kappa shape index (κ3) is 4.82. The van der Waals surface area contributed by atoms with E-state index in [0.29, 0.717) is 0 Å². The average molecular weight is 378 g/mol. The third-order valence-corrected chi connectivity index (χ3v) is 5.42. The lowest BCUT2D eigenvalue weighted by Gasteiger charge is -2.36. The zero-order chi connectivity index (χ0) is 19.2. The van der Waals surface area contributed by atoms with Crippen molar-refractivity contribution in [3.8, 4) is 5.75 Å². The summed E-state index contributed by atoms with van der Waals surface area (Å²) in [7, 11) is 0. The molecule has 0 radical (unpaired) electrons. The molecular weight excluding hydrogens is 351 g/mol. The van der Waals surface area contributed by atoms with E-state index in [9.17, 15) is 4.39 Å². The minimum atomic E-state index is -0.173. The maximum absolute atomic E-state index is 13.1. The zero-order valence-corrected chi connectivity index (χ0v) is 16.2. The zero-order valence-electron chi connectivity index (χ0n) is 16.2. The molecule has 3 nitrogen and oxygen atoms in total. The lowest BCUT2D eigenvalue weighted by molar-refractivity contribution is 0.238. The Kier molecular flexibility index (Phi) is 6.07. The number of ether oxygens (including phenoxy) is 1. The molecule has 1 fully saturated rings. The molecule has 0 amide bonds. The minimum absolute atomic E-state index is 0.173. The Morgan fingerprint density at radius 2 is 1.54 bits per heavy atom. The number of halogens is 1. The molecule has 0 aromatic heterocycles. The smallest absolute Gasteiger partial charge is 0.123 e. The monoisotopic (exact) mass is 378 g/mol. The molecule has 1 aliphatic rings. The summed E-state index contributed by atoms with van der Waals surface area (Å²) in [5, 5.41) is 2.47. The number of anilines is 1. The third-order valence-electron chi connectivity index (χ3n) is 5.42. The van der Waals surface area contributed by atoms with E-state index in [2.05, 4.69) is 52.3 Å². The summed E-state index contributed by atoms with van der Waals surface area (Å²) in [5.74, 6) is 0.778. The van der Waals surface area contributed by atoms with Crippen LogP contribution in [0.1, 0.15) is 12.8 Å². The van der Waals surface area contributed by atoms with Gasteiger partial charge in [0.2, 0.25) is 0 Å². The Labute approximate surface area is 166 Å². The highest BCUT2D eigenvalue weighted by molar-refractivity contribution is 5.83. The van der Waals surface area contributed by atoms with Gasteiger partial charge in [0, 0.05) is 31.9 Å². The van der Waals surface area contributed by atoms with Gasteiger partial charge in [-0.15, -0.1) is 0 Å². The van der Waals surface area contributed by atoms with Crippen LogP contribution in [-0.4, -0.2) is 44.2 Å². The van der Waals surface area contributed by atoms with Gasteiger partial charge in [0.1, 0.15) is 11.6 Å². The minimum Gasteiger partial charge on any atom is -0.494 e. The predicted octanol–water partition coefficient (Wildman–Crippen LogP) is 4.96. The summed E-state index contributed by atoms with van der Waals surface area (Å²) in [4.78, 5) is 4.84. The Morgan fingerprint density at radius 3 is 2.32 bits per heavy atom. The highest BCUT2D eigenvalue weighted by Gasteiger charge is 2.16. The topological polar surface area (TPSA) is 15.7 Å². The SMILES string of the molecule is Fc1ccc(N2CCN(CCCCOc3ccc4ccccc4c3)CC2)cc1. The summed E-state index contributed by atoms with van der Waals surface area (Å²) in [5.41, 5.74) is 1.12. The lowest BCUT2D eigenvalue weighted by atomic mass is 10.1. The highest BCUT2D eigenvalue weighted by atomic mass is 19.1. The van der Waals surface area contributed by atoms with Crippen molar-refractivity contribution >= 4 is 16.5 Å². The van der Waals surface area contributed by atoms with E-state index >= 15 is 0 Å². The fraction of sp³-hybridized carbons (Fsp3) is 0.333. The van der Waals surface area contributed by atoms with Crippen molar-refractivity contribution in [3.63, 3.8) is 0 Å². The summed E-state index contributed by atoms with van der Waals surface area (Å²) in [6.45, 7) is 5.98. The number of piperazine rings is 1. The standard InChI is InChI=1S/C24H27FN2O/c25-22-8-10-23(11-9-22)27-16-14-26(15-17-27)13-3-4-18-28-24-12-7-20-5-1-2-6-21(20)19-24/h1-2,5-12,19H,3-4,13-18H2. The molecule has 0 saturated carbocycles. The molecule has 1 saturated heterocycles. The van der Waals surface area contributed by atoms with Gasteiger partial charge in [0.05, 0.1) is 6.61 Å². The van der Waals surface area contributed by atoms with E-state index in [1.807, 2.05) is 12.1 Å². The quantitative estimate of drug-likeness (QED) is 0.541. The van der Waals surface area contributed by atoms with Gasteiger partial charge in [-0.05, 0) is 66.6 Å². The van der Waals surface area contributed by atoms with Crippen molar-refractivity contribution in [1.29, 1.82) is 0 Å². The number of hydrogen-bond acceptors (Lipinski definition) is 3. The van der Waals surface area contributed by atoms with Gasteiger partial charge in [-0.25, -0.2) is 4.39 Å². The fourth-order valence-corrected chi connectivity index (χ4v) is 3.77.